The average Bonchev–Trinajstić information content (AvgIpc) is 3.00. The van der Waals surface area contributed by atoms with Crippen LogP contribution < -0.4 is 15.4 Å². The van der Waals surface area contributed by atoms with Crippen LogP contribution >= 0.6 is 0 Å². The molecule has 0 aliphatic rings. The summed E-state index contributed by atoms with van der Waals surface area (Å²) in [6, 6.07) is 11.4. The summed E-state index contributed by atoms with van der Waals surface area (Å²) in [5.41, 5.74) is 1.16. The van der Waals surface area contributed by atoms with E-state index >= 15 is 0 Å². The molecule has 0 fully saturated rings. The Morgan fingerprint density at radius 2 is 2.05 bits per heavy atom. The minimum absolute atomic E-state index is 0.0205. The van der Waals surface area contributed by atoms with Gasteiger partial charge in [0.05, 0.1) is 13.4 Å². The lowest BCUT2D eigenvalue weighted by Crippen LogP contribution is -2.42. The maximum atomic E-state index is 11.8. The van der Waals surface area contributed by atoms with Crippen molar-refractivity contribution in [2.75, 3.05) is 13.7 Å². The third-order valence-corrected chi connectivity index (χ3v) is 3.32. The monoisotopic (exact) mass is 302 g/mol. The summed E-state index contributed by atoms with van der Waals surface area (Å²) >= 11 is 0. The molecule has 0 radical (unpaired) electrons. The highest BCUT2D eigenvalue weighted by Crippen LogP contribution is 2.11. The van der Waals surface area contributed by atoms with Crippen molar-refractivity contribution in [3.63, 3.8) is 0 Å². The standard InChI is InChI=1S/C17H22N2O3/c1-13(12-16-4-3-11-22-16)19-17(20)18-10-9-14-5-7-15(21-2)8-6-14/h3-8,11,13H,9-10,12H2,1-2H3,(H2,18,19,20). The van der Waals surface area contributed by atoms with Crippen molar-refractivity contribution in [2.45, 2.75) is 25.8 Å². The molecule has 118 valence electrons. The number of carbonyl (C=O) groups excluding carboxylic acids is 1. The fourth-order valence-corrected chi connectivity index (χ4v) is 2.17. The first-order valence-corrected chi connectivity index (χ1v) is 7.37. The molecule has 5 heteroatoms. The zero-order valence-electron chi connectivity index (χ0n) is 13.0. The number of carbonyl (C=O) groups is 1. The van der Waals surface area contributed by atoms with Gasteiger partial charge in [-0.3, -0.25) is 0 Å². The molecule has 22 heavy (non-hydrogen) atoms. The molecule has 1 aromatic carbocycles. The Bertz CT molecular complexity index is 564. The molecule has 0 saturated heterocycles. The highest BCUT2D eigenvalue weighted by molar-refractivity contribution is 5.74. The lowest BCUT2D eigenvalue weighted by atomic mass is 10.1. The van der Waals surface area contributed by atoms with Crippen molar-refractivity contribution in [3.8, 4) is 5.75 Å². The van der Waals surface area contributed by atoms with E-state index in [4.69, 9.17) is 9.15 Å². The summed E-state index contributed by atoms with van der Waals surface area (Å²) in [7, 11) is 1.64. The third kappa shape index (κ3) is 5.16. The fourth-order valence-electron chi connectivity index (χ4n) is 2.17. The van der Waals surface area contributed by atoms with Gasteiger partial charge in [0, 0.05) is 19.0 Å². The number of rotatable bonds is 7. The molecular formula is C17H22N2O3. The zero-order valence-corrected chi connectivity index (χ0v) is 13.0. The van der Waals surface area contributed by atoms with Crippen molar-refractivity contribution < 1.29 is 13.9 Å². The van der Waals surface area contributed by atoms with Gasteiger partial charge in [-0.25, -0.2) is 4.79 Å². The minimum atomic E-state index is -0.160. The van der Waals surface area contributed by atoms with Gasteiger partial charge < -0.3 is 19.8 Å². The molecule has 0 bridgehead atoms. The summed E-state index contributed by atoms with van der Waals surface area (Å²) in [6.45, 7) is 2.54. The molecule has 0 spiro atoms. The maximum Gasteiger partial charge on any atom is 0.315 e. The molecule has 2 aromatic rings. The minimum Gasteiger partial charge on any atom is -0.497 e. The highest BCUT2D eigenvalue weighted by Gasteiger charge is 2.09. The maximum absolute atomic E-state index is 11.8. The third-order valence-electron chi connectivity index (χ3n) is 3.32. The van der Waals surface area contributed by atoms with Gasteiger partial charge in [0.1, 0.15) is 11.5 Å². The van der Waals surface area contributed by atoms with E-state index in [-0.39, 0.29) is 12.1 Å². The van der Waals surface area contributed by atoms with Crippen LogP contribution in [0.4, 0.5) is 4.79 Å². The summed E-state index contributed by atoms with van der Waals surface area (Å²) in [5, 5.41) is 5.75. The van der Waals surface area contributed by atoms with E-state index in [1.165, 1.54) is 0 Å². The van der Waals surface area contributed by atoms with Crippen LogP contribution in [0.2, 0.25) is 0 Å². The Morgan fingerprint density at radius 3 is 2.68 bits per heavy atom. The molecule has 2 amide bonds. The number of methoxy groups -OCH3 is 1. The number of amides is 2. The van der Waals surface area contributed by atoms with Crippen molar-refractivity contribution in [2.24, 2.45) is 0 Å². The second-order valence-corrected chi connectivity index (χ2v) is 5.18. The van der Waals surface area contributed by atoms with Crippen LogP contribution in [0.3, 0.4) is 0 Å². The molecule has 2 rings (SSSR count). The van der Waals surface area contributed by atoms with Crippen LogP contribution in [0, 0.1) is 0 Å². The second-order valence-electron chi connectivity index (χ2n) is 5.18. The first kappa shape index (κ1) is 15.9. The van der Waals surface area contributed by atoms with E-state index in [0.717, 1.165) is 23.5 Å². The van der Waals surface area contributed by atoms with Crippen molar-refractivity contribution in [1.82, 2.24) is 10.6 Å². The quantitative estimate of drug-likeness (QED) is 0.826. The van der Waals surface area contributed by atoms with Gasteiger partial charge in [0.2, 0.25) is 0 Å². The number of hydrogen-bond donors (Lipinski definition) is 2. The first-order chi connectivity index (χ1) is 10.7. The van der Waals surface area contributed by atoms with E-state index in [9.17, 15) is 4.79 Å². The Balaban J connectivity index is 1.66. The van der Waals surface area contributed by atoms with E-state index in [0.29, 0.717) is 13.0 Å². The fraction of sp³-hybridized carbons (Fsp3) is 0.353. The molecular weight excluding hydrogens is 280 g/mol. The van der Waals surface area contributed by atoms with Crippen LogP contribution in [0.1, 0.15) is 18.2 Å². The van der Waals surface area contributed by atoms with Crippen molar-refractivity contribution in [3.05, 3.63) is 54.0 Å². The van der Waals surface area contributed by atoms with E-state index in [1.807, 2.05) is 43.3 Å². The van der Waals surface area contributed by atoms with Crippen LogP contribution in [-0.4, -0.2) is 25.7 Å². The van der Waals surface area contributed by atoms with Gasteiger partial charge in [-0.05, 0) is 43.2 Å². The lowest BCUT2D eigenvalue weighted by Gasteiger charge is -2.13. The van der Waals surface area contributed by atoms with Crippen LogP contribution in [0.15, 0.2) is 47.1 Å². The summed E-state index contributed by atoms with van der Waals surface area (Å²) in [6.07, 6.45) is 3.10. The topological polar surface area (TPSA) is 63.5 Å². The van der Waals surface area contributed by atoms with E-state index in [2.05, 4.69) is 10.6 Å². The molecule has 0 aliphatic heterocycles. The SMILES string of the molecule is COc1ccc(CCNC(=O)NC(C)Cc2ccco2)cc1. The Labute approximate surface area is 130 Å². The van der Waals surface area contributed by atoms with Crippen LogP contribution in [0.5, 0.6) is 5.75 Å². The molecule has 0 aliphatic carbocycles. The predicted octanol–water partition coefficient (Wildman–Crippen LogP) is 2.76. The summed E-state index contributed by atoms with van der Waals surface area (Å²) in [5.74, 6) is 1.70. The number of ether oxygens (including phenoxy) is 1. The Kier molecular flexibility index (Phi) is 5.89. The number of hydrogen-bond acceptors (Lipinski definition) is 3. The Hall–Kier alpha value is -2.43. The molecule has 1 heterocycles. The van der Waals surface area contributed by atoms with Crippen LogP contribution in [-0.2, 0) is 12.8 Å². The summed E-state index contributed by atoms with van der Waals surface area (Å²) < 4.78 is 10.4. The smallest absolute Gasteiger partial charge is 0.315 e. The average molecular weight is 302 g/mol. The van der Waals surface area contributed by atoms with Gasteiger partial charge in [0.25, 0.3) is 0 Å². The molecule has 2 N–H and O–H groups in total. The first-order valence-electron chi connectivity index (χ1n) is 7.37. The predicted molar refractivity (Wildman–Crippen MR) is 85.1 cm³/mol. The second kappa shape index (κ2) is 8.12. The van der Waals surface area contributed by atoms with Gasteiger partial charge in [-0.1, -0.05) is 12.1 Å². The van der Waals surface area contributed by atoms with Gasteiger partial charge in [-0.2, -0.15) is 0 Å². The van der Waals surface area contributed by atoms with Gasteiger partial charge >= 0.3 is 6.03 Å². The zero-order chi connectivity index (χ0) is 15.8. The number of benzene rings is 1. The normalized spacial score (nSPS) is 11.7. The van der Waals surface area contributed by atoms with Crippen molar-refractivity contribution >= 4 is 6.03 Å². The Morgan fingerprint density at radius 1 is 1.27 bits per heavy atom. The molecule has 5 nitrogen and oxygen atoms in total. The molecule has 1 unspecified atom stereocenters. The number of urea groups is 1. The summed E-state index contributed by atoms with van der Waals surface area (Å²) in [4.78, 5) is 11.8. The molecule has 1 atom stereocenters. The van der Waals surface area contributed by atoms with Crippen molar-refractivity contribution in [1.29, 1.82) is 0 Å². The largest absolute Gasteiger partial charge is 0.497 e. The van der Waals surface area contributed by atoms with Gasteiger partial charge in [-0.15, -0.1) is 0 Å². The lowest BCUT2D eigenvalue weighted by molar-refractivity contribution is 0.237. The van der Waals surface area contributed by atoms with Gasteiger partial charge in [0.15, 0.2) is 0 Å². The number of nitrogens with one attached hydrogen (secondary N) is 2. The molecule has 1 aromatic heterocycles. The number of furan rings is 1. The van der Waals surface area contributed by atoms with Crippen LogP contribution in [0.25, 0.3) is 0 Å². The highest BCUT2D eigenvalue weighted by atomic mass is 16.5. The molecule has 0 saturated carbocycles. The van der Waals surface area contributed by atoms with E-state index in [1.54, 1.807) is 13.4 Å². The van der Waals surface area contributed by atoms with E-state index < -0.39 is 0 Å².